The molecule has 0 aliphatic rings. The lowest BCUT2D eigenvalue weighted by molar-refractivity contribution is -0.870. The molecule has 0 saturated heterocycles. The van der Waals surface area contributed by atoms with E-state index in [-0.39, 0.29) is 25.6 Å². The number of quaternary nitrogens is 1. The van der Waals surface area contributed by atoms with Gasteiger partial charge in [0.2, 0.25) is 0 Å². The van der Waals surface area contributed by atoms with Gasteiger partial charge in [0.1, 0.15) is 12.4 Å². The van der Waals surface area contributed by atoms with Crippen molar-refractivity contribution in [3.8, 4) is 5.75 Å². The van der Waals surface area contributed by atoms with Crippen LogP contribution in [0.15, 0.2) is 24.3 Å². The first-order valence-electron chi connectivity index (χ1n) is 16.7. The summed E-state index contributed by atoms with van der Waals surface area (Å²) < 4.78 is 23.4. The molecule has 0 heterocycles. The predicted molar refractivity (Wildman–Crippen MR) is 175 cm³/mol. The van der Waals surface area contributed by atoms with Gasteiger partial charge in [0, 0.05) is 12.8 Å². The van der Waals surface area contributed by atoms with Gasteiger partial charge in [0.05, 0.1) is 40.9 Å². The Morgan fingerprint density at radius 1 is 0.786 bits per heavy atom. The van der Waals surface area contributed by atoms with Crippen LogP contribution in [0.5, 0.6) is 5.75 Å². The molecule has 0 aliphatic heterocycles. The van der Waals surface area contributed by atoms with E-state index in [9.17, 15) is 9.69 Å². The van der Waals surface area contributed by atoms with Gasteiger partial charge in [-0.05, 0) is 24.5 Å². The summed E-state index contributed by atoms with van der Waals surface area (Å²) in [4.78, 5) is 22.1. The number of carbonyl (C=O) groups is 1. The molecule has 1 N–H and O–H groups in total. The molecular weight excluding hydrogens is 549 g/mol. The number of carbonyl (C=O) groups excluding carboxylic acids is 1. The molecule has 0 spiro atoms. The second-order valence-electron chi connectivity index (χ2n) is 12.5. The van der Waals surface area contributed by atoms with E-state index in [0.717, 1.165) is 36.0 Å². The number of para-hydroxylation sites is 1. The first kappa shape index (κ1) is 38.8. The van der Waals surface area contributed by atoms with Crippen molar-refractivity contribution in [3.63, 3.8) is 0 Å². The van der Waals surface area contributed by atoms with Gasteiger partial charge in [0.25, 0.3) is 0 Å². The minimum atomic E-state index is -2.04. The summed E-state index contributed by atoms with van der Waals surface area (Å²) in [6.45, 7) is 5.56. The number of benzene rings is 1. The predicted octanol–water partition coefficient (Wildman–Crippen LogP) is 8.76. The molecule has 42 heavy (non-hydrogen) atoms. The molecule has 2 unspecified atom stereocenters. The van der Waals surface area contributed by atoms with E-state index in [1.54, 1.807) is 6.92 Å². The molecule has 0 aliphatic carbocycles. The van der Waals surface area contributed by atoms with Crippen molar-refractivity contribution in [2.24, 2.45) is 0 Å². The van der Waals surface area contributed by atoms with Crippen LogP contribution in [0.3, 0.4) is 0 Å². The van der Waals surface area contributed by atoms with Crippen LogP contribution in [-0.2, 0) is 25.0 Å². The number of hydrogen-bond donors (Lipinski definition) is 1. The Balaban J connectivity index is 2.31. The van der Waals surface area contributed by atoms with E-state index in [4.69, 9.17) is 18.5 Å². The van der Waals surface area contributed by atoms with Crippen LogP contribution < -0.4 is 4.74 Å². The average molecular weight is 613 g/mol. The monoisotopic (exact) mass is 612 g/mol. The number of unbranched alkanes of at least 4 members (excludes halogenated alkanes) is 13. The van der Waals surface area contributed by atoms with Crippen molar-refractivity contribution in [1.82, 2.24) is 0 Å². The third kappa shape index (κ3) is 22.3. The Kier molecular flexibility index (Phi) is 23.2. The van der Waals surface area contributed by atoms with Crippen LogP contribution in [0.4, 0.5) is 0 Å². The zero-order valence-electron chi connectivity index (χ0n) is 27.6. The van der Waals surface area contributed by atoms with Gasteiger partial charge in [-0.15, -0.1) is 0 Å². The topological polar surface area (TPSA) is 74.2 Å². The molecule has 2 atom stereocenters. The van der Waals surface area contributed by atoms with Crippen LogP contribution >= 0.6 is 8.60 Å². The second kappa shape index (κ2) is 25.1. The summed E-state index contributed by atoms with van der Waals surface area (Å²) >= 11 is 0. The van der Waals surface area contributed by atoms with Gasteiger partial charge in [0.15, 0.2) is 6.10 Å². The van der Waals surface area contributed by atoms with Crippen LogP contribution in [0.2, 0.25) is 0 Å². The highest BCUT2D eigenvalue weighted by Gasteiger charge is 2.19. The fourth-order valence-electron chi connectivity index (χ4n) is 4.79. The standard InChI is InChI=1S/C34H63NO6P/c1-6-8-9-10-11-12-13-14-15-16-17-18-19-20-24-31-25-21-22-26-33(31)38-29-32(41-34(36)7-2)30-40-42(37)39-28-23-27-35(3,4)5/h21-22,25-26,32,37H,6-20,23-24,27-30H2,1-5H3/q+1. The number of esters is 1. The maximum absolute atomic E-state index is 12.0. The van der Waals surface area contributed by atoms with Crippen molar-refractivity contribution < 1.29 is 32.7 Å². The Labute approximate surface area is 259 Å². The molecule has 0 bridgehead atoms. The lowest BCUT2D eigenvalue weighted by atomic mass is 10.0. The molecule has 0 radical (unpaired) electrons. The van der Waals surface area contributed by atoms with Crippen LogP contribution in [-0.4, -0.2) is 69.0 Å². The van der Waals surface area contributed by atoms with Gasteiger partial charge in [-0.3, -0.25) is 4.79 Å². The first-order chi connectivity index (χ1) is 20.2. The fourth-order valence-corrected chi connectivity index (χ4v) is 5.45. The van der Waals surface area contributed by atoms with Crippen LogP contribution in [0, 0.1) is 0 Å². The molecule has 8 heteroatoms. The molecule has 0 saturated carbocycles. The summed E-state index contributed by atoms with van der Waals surface area (Å²) in [6.07, 6.45) is 20.3. The maximum Gasteiger partial charge on any atom is 0.329 e. The number of hydrogen-bond acceptors (Lipinski definition) is 6. The Hall–Kier alpha value is -1.24. The third-order valence-corrected chi connectivity index (χ3v) is 8.10. The normalized spacial score (nSPS) is 13.2. The highest BCUT2D eigenvalue weighted by Crippen LogP contribution is 2.33. The fraction of sp³-hybridized carbons (Fsp3) is 0.794. The lowest BCUT2D eigenvalue weighted by Gasteiger charge is -2.24. The summed E-state index contributed by atoms with van der Waals surface area (Å²) in [6, 6.07) is 8.08. The smallest absolute Gasteiger partial charge is 0.329 e. The zero-order chi connectivity index (χ0) is 30.9. The van der Waals surface area contributed by atoms with Crippen LogP contribution in [0.1, 0.15) is 122 Å². The molecule has 1 aromatic carbocycles. The minimum absolute atomic E-state index is 0.0183. The number of rotatable bonds is 28. The first-order valence-corrected chi connectivity index (χ1v) is 17.8. The van der Waals surface area contributed by atoms with Crippen molar-refractivity contribution in [1.29, 1.82) is 0 Å². The lowest BCUT2D eigenvalue weighted by Crippen LogP contribution is -2.35. The van der Waals surface area contributed by atoms with Crippen molar-refractivity contribution in [2.45, 2.75) is 129 Å². The van der Waals surface area contributed by atoms with E-state index in [0.29, 0.717) is 6.61 Å². The van der Waals surface area contributed by atoms with Gasteiger partial charge < -0.3 is 27.9 Å². The van der Waals surface area contributed by atoms with E-state index >= 15 is 0 Å². The van der Waals surface area contributed by atoms with E-state index in [2.05, 4.69) is 34.1 Å². The molecule has 0 aromatic heterocycles. The quantitative estimate of drug-likeness (QED) is 0.0441. The largest absolute Gasteiger partial charge is 0.489 e. The van der Waals surface area contributed by atoms with Crippen LogP contribution in [0.25, 0.3) is 0 Å². The average Bonchev–Trinajstić information content (AvgIpc) is 2.96. The Morgan fingerprint density at radius 3 is 1.93 bits per heavy atom. The van der Waals surface area contributed by atoms with E-state index in [1.165, 1.54) is 89.0 Å². The molecular formula is C34H63NO6P+. The maximum atomic E-state index is 12.0. The highest BCUT2D eigenvalue weighted by molar-refractivity contribution is 7.40. The summed E-state index contributed by atoms with van der Waals surface area (Å²) in [7, 11) is 4.31. The molecule has 1 rings (SSSR count). The molecule has 0 fully saturated rings. The Bertz CT molecular complexity index is 788. The van der Waals surface area contributed by atoms with E-state index < -0.39 is 14.7 Å². The minimum Gasteiger partial charge on any atom is -0.489 e. The SMILES string of the molecule is CCCCCCCCCCCCCCCCc1ccccc1OCC(COP(O)OCCC[N+](C)(C)C)OC(=O)CC. The highest BCUT2D eigenvalue weighted by atomic mass is 31.2. The van der Waals surface area contributed by atoms with Gasteiger partial charge >= 0.3 is 14.6 Å². The van der Waals surface area contributed by atoms with Crippen molar-refractivity contribution in [3.05, 3.63) is 29.8 Å². The second-order valence-corrected chi connectivity index (χ2v) is 13.5. The Morgan fingerprint density at radius 2 is 1.36 bits per heavy atom. The number of aryl methyl sites for hydroxylation is 1. The molecule has 244 valence electrons. The summed E-state index contributed by atoms with van der Waals surface area (Å²) in [5.41, 5.74) is 1.17. The number of ether oxygens (including phenoxy) is 2. The van der Waals surface area contributed by atoms with Gasteiger partial charge in [-0.25, -0.2) is 0 Å². The van der Waals surface area contributed by atoms with Gasteiger partial charge in [-0.2, -0.15) is 0 Å². The van der Waals surface area contributed by atoms with Gasteiger partial charge in [-0.1, -0.05) is 116 Å². The van der Waals surface area contributed by atoms with Crippen molar-refractivity contribution in [2.75, 3.05) is 47.5 Å². The van der Waals surface area contributed by atoms with Crippen molar-refractivity contribution >= 4 is 14.6 Å². The van der Waals surface area contributed by atoms with E-state index in [1.807, 2.05) is 18.2 Å². The molecule has 7 nitrogen and oxygen atoms in total. The summed E-state index contributed by atoms with van der Waals surface area (Å²) in [5.74, 6) is 0.488. The third-order valence-electron chi connectivity index (χ3n) is 7.33. The zero-order valence-corrected chi connectivity index (χ0v) is 28.5. The molecule has 1 aromatic rings. The number of nitrogens with zero attached hydrogens (tertiary/aromatic N) is 1. The molecule has 0 amide bonds. The summed E-state index contributed by atoms with van der Waals surface area (Å²) in [5, 5.41) is 0.